The van der Waals surface area contributed by atoms with Crippen LogP contribution in [0.25, 0.3) is 0 Å². The number of amides is 1. The van der Waals surface area contributed by atoms with Crippen molar-refractivity contribution >= 4 is 17.5 Å². The molecule has 0 radical (unpaired) electrons. The van der Waals surface area contributed by atoms with Crippen LogP contribution in [0.2, 0.25) is 5.02 Å². The number of β-amino-alcohol motifs (C(OH)–C–C–N with tert-alkyl or cyclic N) is 1. The summed E-state index contributed by atoms with van der Waals surface area (Å²) in [6.07, 6.45) is -0.907. The molecule has 0 bridgehead atoms. The van der Waals surface area contributed by atoms with Crippen LogP contribution in [0.1, 0.15) is 37.6 Å². The largest absolute Gasteiger partial charge is 0.497 e. The first-order valence-corrected chi connectivity index (χ1v) is 9.65. The fraction of sp³-hybridized carbons (Fsp3) is 0.650. The van der Waals surface area contributed by atoms with Crippen LogP contribution < -0.4 is 10.1 Å². The highest BCUT2D eigenvalue weighted by atomic mass is 35.5. The molecule has 1 aromatic carbocycles. The SMILES string of the molecule is COc1cc(Cl)cc(C(=O)NCC2CCN(CC(O)C(C)(C)C)C[C@H]2F)c1. The molecule has 1 aliphatic rings. The van der Waals surface area contributed by atoms with E-state index in [2.05, 4.69) is 5.32 Å². The summed E-state index contributed by atoms with van der Waals surface area (Å²) in [5, 5.41) is 13.4. The zero-order chi connectivity index (χ0) is 20.2. The number of aliphatic hydroxyl groups is 1. The molecule has 5 nitrogen and oxygen atoms in total. The molecule has 1 amide bonds. The van der Waals surface area contributed by atoms with Gasteiger partial charge >= 0.3 is 0 Å². The maximum Gasteiger partial charge on any atom is 0.251 e. The van der Waals surface area contributed by atoms with Crippen LogP contribution in [0.5, 0.6) is 5.75 Å². The van der Waals surface area contributed by atoms with E-state index in [-0.39, 0.29) is 30.3 Å². The highest BCUT2D eigenvalue weighted by molar-refractivity contribution is 6.31. The lowest BCUT2D eigenvalue weighted by Gasteiger charge is -2.38. The molecular formula is C20H30ClFN2O3. The van der Waals surface area contributed by atoms with E-state index in [0.717, 1.165) is 0 Å². The highest BCUT2D eigenvalue weighted by Gasteiger charge is 2.32. The Hall–Kier alpha value is -1.37. The number of rotatable bonds is 6. The number of benzene rings is 1. The van der Waals surface area contributed by atoms with Gasteiger partial charge in [0.15, 0.2) is 0 Å². The second-order valence-electron chi connectivity index (χ2n) is 8.30. The second kappa shape index (κ2) is 9.22. The van der Waals surface area contributed by atoms with Gasteiger partial charge in [0.1, 0.15) is 11.9 Å². The summed E-state index contributed by atoms with van der Waals surface area (Å²) in [6, 6.07) is 4.78. The average molecular weight is 401 g/mol. The van der Waals surface area contributed by atoms with Crippen LogP contribution in [0.4, 0.5) is 4.39 Å². The minimum absolute atomic E-state index is 0.228. The fourth-order valence-corrected chi connectivity index (χ4v) is 3.29. The summed E-state index contributed by atoms with van der Waals surface area (Å²) in [6.45, 7) is 7.63. The number of aliphatic hydroxyl groups excluding tert-OH is 1. The van der Waals surface area contributed by atoms with Crippen molar-refractivity contribution in [1.29, 1.82) is 0 Å². The Balaban J connectivity index is 1.85. The molecule has 27 heavy (non-hydrogen) atoms. The predicted octanol–water partition coefficient (Wildman–Crippen LogP) is 3.15. The molecule has 1 fully saturated rings. The molecule has 0 aromatic heterocycles. The topological polar surface area (TPSA) is 61.8 Å². The summed E-state index contributed by atoms with van der Waals surface area (Å²) in [5.41, 5.74) is 0.162. The first-order chi connectivity index (χ1) is 12.6. The lowest BCUT2D eigenvalue weighted by molar-refractivity contribution is 0.00151. The predicted molar refractivity (Wildman–Crippen MR) is 105 cm³/mol. The van der Waals surface area contributed by atoms with Crippen molar-refractivity contribution < 1.29 is 19.0 Å². The molecular weight excluding hydrogens is 371 g/mol. The number of methoxy groups -OCH3 is 1. The van der Waals surface area contributed by atoms with E-state index in [1.165, 1.54) is 7.11 Å². The molecule has 1 heterocycles. The number of nitrogens with zero attached hydrogens (tertiary/aromatic N) is 1. The Morgan fingerprint density at radius 2 is 2.15 bits per heavy atom. The Morgan fingerprint density at radius 1 is 1.44 bits per heavy atom. The summed E-state index contributed by atoms with van der Waals surface area (Å²) in [5.74, 6) is -0.0339. The van der Waals surface area contributed by atoms with Gasteiger partial charge in [-0.3, -0.25) is 9.69 Å². The van der Waals surface area contributed by atoms with Crippen LogP contribution in [-0.4, -0.2) is 61.5 Å². The third-order valence-corrected chi connectivity index (χ3v) is 5.30. The molecule has 7 heteroatoms. The molecule has 3 atom stereocenters. The number of nitrogens with one attached hydrogen (secondary N) is 1. The van der Waals surface area contributed by atoms with Crippen molar-refractivity contribution in [2.24, 2.45) is 11.3 Å². The molecule has 2 unspecified atom stereocenters. The van der Waals surface area contributed by atoms with E-state index in [9.17, 15) is 14.3 Å². The lowest BCUT2D eigenvalue weighted by atomic mass is 9.87. The Morgan fingerprint density at radius 3 is 2.74 bits per heavy atom. The van der Waals surface area contributed by atoms with Crippen molar-refractivity contribution in [3.8, 4) is 5.75 Å². The number of likely N-dealkylation sites (tertiary alicyclic amines) is 1. The van der Waals surface area contributed by atoms with Gasteiger partial charge in [0, 0.05) is 36.1 Å². The van der Waals surface area contributed by atoms with E-state index < -0.39 is 12.3 Å². The van der Waals surface area contributed by atoms with Crippen LogP contribution in [-0.2, 0) is 0 Å². The fourth-order valence-electron chi connectivity index (χ4n) is 3.07. The van der Waals surface area contributed by atoms with Crippen molar-refractivity contribution in [3.63, 3.8) is 0 Å². The Labute approximate surface area is 165 Å². The van der Waals surface area contributed by atoms with Gasteiger partial charge in [-0.1, -0.05) is 32.4 Å². The first kappa shape index (κ1) is 21.9. The molecule has 1 aromatic rings. The van der Waals surface area contributed by atoms with Crippen molar-refractivity contribution in [3.05, 3.63) is 28.8 Å². The van der Waals surface area contributed by atoms with E-state index in [0.29, 0.717) is 35.8 Å². The van der Waals surface area contributed by atoms with E-state index in [4.69, 9.17) is 16.3 Å². The quantitative estimate of drug-likeness (QED) is 0.770. The molecule has 0 aliphatic carbocycles. The van der Waals surface area contributed by atoms with Crippen LogP contribution in [0.3, 0.4) is 0 Å². The minimum Gasteiger partial charge on any atom is -0.497 e. The number of piperidine rings is 1. The van der Waals surface area contributed by atoms with Gasteiger partial charge in [-0.15, -0.1) is 0 Å². The average Bonchev–Trinajstić information content (AvgIpc) is 2.59. The maximum atomic E-state index is 14.6. The monoisotopic (exact) mass is 400 g/mol. The number of halogens is 2. The molecule has 1 saturated heterocycles. The first-order valence-electron chi connectivity index (χ1n) is 9.27. The summed E-state index contributed by atoms with van der Waals surface area (Å²) in [4.78, 5) is 14.3. The van der Waals surface area contributed by atoms with E-state index in [1.807, 2.05) is 25.7 Å². The normalized spacial score (nSPS) is 22.3. The van der Waals surface area contributed by atoms with Crippen LogP contribution >= 0.6 is 11.6 Å². The zero-order valence-corrected chi connectivity index (χ0v) is 17.2. The standard InChI is InChI=1S/C20H30ClFN2O3/c1-20(2,3)18(25)12-24-6-5-13(17(22)11-24)10-23-19(26)14-7-15(21)9-16(8-14)27-4/h7-9,13,17-18,25H,5-6,10-12H2,1-4H3,(H,23,26)/t13?,17-,18?/m1/s1. The highest BCUT2D eigenvalue weighted by Crippen LogP contribution is 2.25. The van der Waals surface area contributed by atoms with Crippen LogP contribution in [0.15, 0.2) is 18.2 Å². The zero-order valence-electron chi connectivity index (χ0n) is 16.5. The van der Waals surface area contributed by atoms with Gasteiger partial charge in [-0.2, -0.15) is 0 Å². The van der Waals surface area contributed by atoms with Crippen molar-refractivity contribution in [2.45, 2.75) is 39.5 Å². The van der Waals surface area contributed by atoms with Gasteiger partial charge < -0.3 is 15.2 Å². The number of carbonyl (C=O) groups is 1. The number of alkyl halides is 1. The Bertz CT molecular complexity index is 651. The van der Waals surface area contributed by atoms with Gasteiger partial charge in [0.2, 0.25) is 0 Å². The van der Waals surface area contributed by atoms with Gasteiger partial charge in [-0.05, 0) is 36.6 Å². The number of hydrogen-bond acceptors (Lipinski definition) is 4. The summed E-state index contributed by atoms with van der Waals surface area (Å²) < 4.78 is 19.7. The second-order valence-corrected chi connectivity index (χ2v) is 8.73. The molecule has 2 N–H and O–H groups in total. The number of carbonyl (C=O) groups excluding carboxylic acids is 1. The lowest BCUT2D eigenvalue weighted by Crippen LogP contribution is -2.49. The van der Waals surface area contributed by atoms with Gasteiger partial charge in [0.25, 0.3) is 5.91 Å². The van der Waals surface area contributed by atoms with Crippen molar-refractivity contribution in [1.82, 2.24) is 10.2 Å². The number of ether oxygens (including phenoxy) is 1. The summed E-state index contributed by atoms with van der Waals surface area (Å²) in [7, 11) is 1.51. The Kier molecular flexibility index (Phi) is 7.48. The maximum absolute atomic E-state index is 14.6. The van der Waals surface area contributed by atoms with Crippen molar-refractivity contribution in [2.75, 3.05) is 33.3 Å². The van der Waals surface area contributed by atoms with E-state index in [1.54, 1.807) is 18.2 Å². The van der Waals surface area contributed by atoms with E-state index >= 15 is 0 Å². The molecule has 0 spiro atoms. The number of hydrogen-bond donors (Lipinski definition) is 2. The molecule has 1 aliphatic heterocycles. The smallest absolute Gasteiger partial charge is 0.251 e. The molecule has 2 rings (SSSR count). The molecule has 0 saturated carbocycles. The molecule has 152 valence electrons. The van der Waals surface area contributed by atoms with Gasteiger partial charge in [-0.25, -0.2) is 4.39 Å². The summed E-state index contributed by atoms with van der Waals surface area (Å²) >= 11 is 5.99. The third-order valence-electron chi connectivity index (χ3n) is 5.09. The van der Waals surface area contributed by atoms with Crippen LogP contribution in [0, 0.1) is 11.3 Å². The third kappa shape index (κ3) is 6.33. The minimum atomic E-state index is -1.04. The van der Waals surface area contributed by atoms with Gasteiger partial charge in [0.05, 0.1) is 13.2 Å².